The molecule has 3 rings (SSSR count). The van der Waals surface area contributed by atoms with Crippen molar-refractivity contribution in [3.05, 3.63) is 40.3 Å². The summed E-state index contributed by atoms with van der Waals surface area (Å²) in [5, 5.41) is 2.99. The van der Waals surface area contributed by atoms with Gasteiger partial charge in [-0.05, 0) is 44.2 Å². The summed E-state index contributed by atoms with van der Waals surface area (Å²) >= 11 is 1.58. The number of benzene rings is 1. The third-order valence-corrected chi connectivity index (χ3v) is 7.03. The quantitative estimate of drug-likeness (QED) is 0.722. The Hall–Kier alpha value is -1.69. The maximum atomic E-state index is 12.8. The third-order valence-electron chi connectivity index (χ3n) is 4.29. The van der Waals surface area contributed by atoms with E-state index in [4.69, 9.17) is 0 Å². The lowest BCUT2D eigenvalue weighted by atomic mass is 10.3. The largest absolute Gasteiger partial charge is 0.573 e. The van der Waals surface area contributed by atoms with Crippen molar-refractivity contribution in [1.29, 1.82) is 0 Å². The Kier molecular flexibility index (Phi) is 6.28. The van der Waals surface area contributed by atoms with Gasteiger partial charge in [-0.3, -0.25) is 4.90 Å². The molecule has 1 aliphatic rings. The number of rotatable bonds is 5. The number of nitrogens with zero attached hydrogens (tertiary/aromatic N) is 3. The normalized spacial score (nSPS) is 17.4. The zero-order valence-electron chi connectivity index (χ0n) is 15.1. The molecule has 0 N–H and O–H groups in total. The van der Waals surface area contributed by atoms with Gasteiger partial charge in [0.1, 0.15) is 5.75 Å². The molecule has 0 amide bonds. The summed E-state index contributed by atoms with van der Waals surface area (Å²) in [4.78, 5) is 6.54. The van der Waals surface area contributed by atoms with Crippen molar-refractivity contribution in [3.8, 4) is 5.75 Å². The summed E-state index contributed by atoms with van der Waals surface area (Å²) in [6, 6.07) is 4.29. The number of alkyl halides is 3. The van der Waals surface area contributed by atoms with Gasteiger partial charge in [-0.2, -0.15) is 4.31 Å². The highest BCUT2D eigenvalue weighted by atomic mass is 32.2. The van der Waals surface area contributed by atoms with E-state index in [0.717, 1.165) is 41.5 Å². The van der Waals surface area contributed by atoms with Crippen LogP contribution < -0.4 is 4.74 Å². The SMILES string of the molecule is Cc1nc(CN2CCCN(S(=O)(=O)c3ccc(OC(F)(F)F)cc3)CC2)cs1. The first-order valence-electron chi connectivity index (χ1n) is 8.63. The van der Waals surface area contributed by atoms with Crippen LogP contribution in [-0.4, -0.2) is 55.1 Å². The Balaban J connectivity index is 1.65. The molecule has 28 heavy (non-hydrogen) atoms. The monoisotopic (exact) mass is 435 g/mol. The number of halogens is 3. The van der Waals surface area contributed by atoms with Crippen LogP contribution in [0.5, 0.6) is 5.75 Å². The van der Waals surface area contributed by atoms with Gasteiger partial charge in [0.05, 0.1) is 15.6 Å². The van der Waals surface area contributed by atoms with Crippen molar-refractivity contribution >= 4 is 21.4 Å². The summed E-state index contributed by atoms with van der Waals surface area (Å²) in [6.07, 6.45) is -4.15. The highest BCUT2D eigenvalue weighted by molar-refractivity contribution is 7.89. The van der Waals surface area contributed by atoms with Crippen LogP contribution in [0.15, 0.2) is 34.5 Å². The second kappa shape index (κ2) is 8.36. The van der Waals surface area contributed by atoms with Crippen molar-refractivity contribution in [1.82, 2.24) is 14.2 Å². The van der Waals surface area contributed by atoms with Gasteiger partial charge >= 0.3 is 6.36 Å². The molecule has 1 aromatic carbocycles. The van der Waals surface area contributed by atoms with Gasteiger partial charge in [0.15, 0.2) is 0 Å². The van der Waals surface area contributed by atoms with E-state index in [0.29, 0.717) is 32.6 Å². The Bertz CT molecular complexity index is 898. The number of thiazole rings is 1. The van der Waals surface area contributed by atoms with Crippen molar-refractivity contribution in [2.24, 2.45) is 0 Å². The van der Waals surface area contributed by atoms with Crippen LogP contribution in [0.25, 0.3) is 0 Å². The van der Waals surface area contributed by atoms with Gasteiger partial charge in [-0.15, -0.1) is 24.5 Å². The van der Waals surface area contributed by atoms with Crippen LogP contribution in [0.2, 0.25) is 0 Å². The second-order valence-corrected chi connectivity index (χ2v) is 9.41. The Morgan fingerprint density at radius 1 is 1.14 bits per heavy atom. The predicted molar refractivity (Wildman–Crippen MR) is 98.6 cm³/mol. The van der Waals surface area contributed by atoms with Crippen LogP contribution in [0.4, 0.5) is 13.2 Å². The van der Waals surface area contributed by atoms with Crippen LogP contribution >= 0.6 is 11.3 Å². The van der Waals surface area contributed by atoms with E-state index < -0.39 is 22.1 Å². The number of aromatic nitrogens is 1. The molecule has 0 unspecified atom stereocenters. The van der Waals surface area contributed by atoms with Crippen LogP contribution in [0, 0.1) is 6.92 Å². The smallest absolute Gasteiger partial charge is 0.406 e. The van der Waals surface area contributed by atoms with Crippen LogP contribution in [0.3, 0.4) is 0 Å². The Morgan fingerprint density at radius 3 is 2.46 bits per heavy atom. The molecule has 0 atom stereocenters. The van der Waals surface area contributed by atoms with Crippen LogP contribution in [0.1, 0.15) is 17.1 Å². The molecule has 11 heteroatoms. The minimum atomic E-state index is -4.81. The van der Waals surface area contributed by atoms with E-state index in [1.807, 2.05) is 12.3 Å². The summed E-state index contributed by atoms with van der Waals surface area (Å²) in [6.45, 7) is 4.59. The van der Waals surface area contributed by atoms with Crippen molar-refractivity contribution in [2.75, 3.05) is 26.2 Å². The predicted octanol–water partition coefficient (Wildman–Crippen LogP) is 3.25. The van der Waals surface area contributed by atoms with E-state index in [-0.39, 0.29) is 4.90 Å². The highest BCUT2D eigenvalue weighted by Crippen LogP contribution is 2.25. The summed E-state index contributed by atoms with van der Waals surface area (Å²) < 4.78 is 67.6. The molecule has 154 valence electrons. The molecule has 1 aromatic heterocycles. The lowest BCUT2D eigenvalue weighted by Gasteiger charge is -2.21. The maximum Gasteiger partial charge on any atom is 0.573 e. The zero-order valence-corrected chi connectivity index (χ0v) is 16.8. The molecule has 2 heterocycles. The minimum absolute atomic E-state index is 0.0504. The second-order valence-electron chi connectivity index (χ2n) is 6.41. The van der Waals surface area contributed by atoms with Gasteiger partial charge < -0.3 is 4.74 Å². The van der Waals surface area contributed by atoms with E-state index in [1.54, 1.807) is 11.3 Å². The average molecular weight is 435 g/mol. The number of aryl methyl sites for hydroxylation is 1. The summed E-state index contributed by atoms with van der Waals surface area (Å²) in [5.74, 6) is -0.452. The first-order chi connectivity index (χ1) is 13.1. The van der Waals surface area contributed by atoms with Gasteiger partial charge in [0.2, 0.25) is 10.0 Å². The van der Waals surface area contributed by atoms with Crippen molar-refractivity contribution in [2.45, 2.75) is 31.1 Å². The number of ether oxygens (including phenoxy) is 1. The van der Waals surface area contributed by atoms with Crippen molar-refractivity contribution < 1.29 is 26.3 Å². The molecule has 0 bridgehead atoms. The molecular formula is C17H20F3N3O3S2. The van der Waals surface area contributed by atoms with Gasteiger partial charge in [0.25, 0.3) is 0 Å². The molecule has 0 spiro atoms. The Labute approximate surface area is 165 Å². The molecule has 1 aliphatic heterocycles. The third kappa shape index (κ3) is 5.43. The topological polar surface area (TPSA) is 62.7 Å². The summed E-state index contributed by atoms with van der Waals surface area (Å²) in [5.41, 5.74) is 0.971. The maximum absolute atomic E-state index is 12.8. The number of hydrogen-bond acceptors (Lipinski definition) is 6. The standard InChI is InChI=1S/C17H20F3N3O3S2/c1-13-21-14(12-27-13)11-22-7-2-8-23(10-9-22)28(24,25)16-5-3-15(4-6-16)26-17(18,19)20/h3-6,12H,2,7-11H2,1H3. The number of sulfonamides is 1. The lowest BCUT2D eigenvalue weighted by molar-refractivity contribution is -0.274. The fourth-order valence-corrected chi connectivity index (χ4v) is 5.09. The fraction of sp³-hybridized carbons (Fsp3) is 0.471. The first-order valence-corrected chi connectivity index (χ1v) is 10.9. The molecular weight excluding hydrogens is 415 g/mol. The van der Waals surface area contributed by atoms with E-state index in [2.05, 4.69) is 14.6 Å². The molecule has 2 aromatic rings. The lowest BCUT2D eigenvalue weighted by Crippen LogP contribution is -2.35. The molecule has 0 radical (unpaired) electrons. The molecule has 1 saturated heterocycles. The first kappa shape index (κ1) is 21.0. The van der Waals surface area contributed by atoms with Crippen LogP contribution in [-0.2, 0) is 16.6 Å². The molecule has 0 aliphatic carbocycles. The highest BCUT2D eigenvalue weighted by Gasteiger charge is 2.32. The fourth-order valence-electron chi connectivity index (χ4n) is 3.02. The summed E-state index contributed by atoms with van der Waals surface area (Å²) in [7, 11) is -3.78. The zero-order chi connectivity index (χ0) is 20.4. The van der Waals surface area contributed by atoms with E-state index >= 15 is 0 Å². The van der Waals surface area contributed by atoms with Crippen molar-refractivity contribution in [3.63, 3.8) is 0 Å². The van der Waals surface area contributed by atoms with E-state index in [1.165, 1.54) is 4.31 Å². The molecule has 0 saturated carbocycles. The van der Waals surface area contributed by atoms with Gasteiger partial charge in [0, 0.05) is 31.6 Å². The molecule has 6 nitrogen and oxygen atoms in total. The van der Waals surface area contributed by atoms with Gasteiger partial charge in [-0.1, -0.05) is 0 Å². The van der Waals surface area contributed by atoms with E-state index in [9.17, 15) is 21.6 Å². The minimum Gasteiger partial charge on any atom is -0.406 e. The molecule has 1 fully saturated rings. The Morgan fingerprint density at radius 2 is 1.86 bits per heavy atom. The average Bonchev–Trinajstić information content (AvgIpc) is 2.86. The number of hydrogen-bond donors (Lipinski definition) is 0. The van der Waals surface area contributed by atoms with Gasteiger partial charge in [-0.25, -0.2) is 13.4 Å².